The zero-order valence-electron chi connectivity index (χ0n) is 10.4. The van der Waals surface area contributed by atoms with Crippen molar-refractivity contribution in [1.82, 2.24) is 4.98 Å². The van der Waals surface area contributed by atoms with Gasteiger partial charge in [-0.2, -0.15) is 0 Å². The van der Waals surface area contributed by atoms with Crippen molar-refractivity contribution in [3.8, 4) is 0 Å². The van der Waals surface area contributed by atoms with Crippen LogP contribution in [-0.2, 0) is 11.2 Å². The minimum absolute atomic E-state index is 0.273. The molecule has 0 N–H and O–H groups in total. The number of rotatable bonds is 4. The van der Waals surface area contributed by atoms with Crippen molar-refractivity contribution in [2.75, 3.05) is 6.61 Å². The van der Waals surface area contributed by atoms with E-state index >= 15 is 0 Å². The number of hydrogen-bond donors (Lipinski definition) is 0. The van der Waals surface area contributed by atoms with Crippen LogP contribution in [-0.4, -0.2) is 17.6 Å². The van der Waals surface area contributed by atoms with Gasteiger partial charge in [0, 0.05) is 11.9 Å². The van der Waals surface area contributed by atoms with Gasteiger partial charge in [-0.15, -0.1) is 0 Å². The smallest absolute Gasteiger partial charge is 0.339 e. The molecular weight excluding hydrogens is 202 g/mol. The van der Waals surface area contributed by atoms with Crippen molar-refractivity contribution in [2.24, 2.45) is 5.92 Å². The summed E-state index contributed by atoms with van der Waals surface area (Å²) in [7, 11) is 0. The Morgan fingerprint density at radius 3 is 2.75 bits per heavy atom. The number of esters is 1. The molecule has 1 heterocycles. The highest BCUT2D eigenvalue weighted by atomic mass is 16.5. The average molecular weight is 221 g/mol. The van der Waals surface area contributed by atoms with E-state index in [4.69, 9.17) is 4.74 Å². The molecule has 1 aromatic rings. The van der Waals surface area contributed by atoms with Crippen LogP contribution in [0.5, 0.6) is 0 Å². The van der Waals surface area contributed by atoms with Gasteiger partial charge >= 0.3 is 5.97 Å². The third kappa shape index (κ3) is 3.33. The Kier molecular flexibility index (Phi) is 4.47. The van der Waals surface area contributed by atoms with Crippen molar-refractivity contribution >= 4 is 5.97 Å². The van der Waals surface area contributed by atoms with Gasteiger partial charge in [-0.3, -0.25) is 4.98 Å². The molecule has 1 aromatic heterocycles. The highest BCUT2D eigenvalue weighted by Crippen LogP contribution is 2.15. The van der Waals surface area contributed by atoms with Crippen LogP contribution in [0.1, 0.15) is 42.4 Å². The fourth-order valence-corrected chi connectivity index (χ4v) is 1.62. The number of hydrogen-bond acceptors (Lipinski definition) is 3. The third-order valence-corrected chi connectivity index (χ3v) is 2.25. The zero-order chi connectivity index (χ0) is 12.1. The van der Waals surface area contributed by atoms with E-state index < -0.39 is 0 Å². The molecule has 0 aliphatic heterocycles. The maximum absolute atomic E-state index is 11.7. The first-order chi connectivity index (χ1) is 7.54. The van der Waals surface area contributed by atoms with E-state index in [0.29, 0.717) is 18.1 Å². The molecule has 3 nitrogen and oxygen atoms in total. The van der Waals surface area contributed by atoms with Crippen LogP contribution >= 0.6 is 0 Å². The van der Waals surface area contributed by atoms with E-state index in [1.807, 2.05) is 19.9 Å². The molecule has 0 spiro atoms. The minimum Gasteiger partial charge on any atom is -0.462 e. The SMILES string of the molecule is CCOC(=O)c1cnc(C)cc1CC(C)C. The second kappa shape index (κ2) is 5.64. The van der Waals surface area contributed by atoms with Crippen molar-refractivity contribution in [3.05, 3.63) is 29.1 Å². The van der Waals surface area contributed by atoms with Crippen LogP contribution < -0.4 is 0 Å². The fraction of sp³-hybridized carbons (Fsp3) is 0.538. The van der Waals surface area contributed by atoms with Crippen LogP contribution in [0.2, 0.25) is 0 Å². The van der Waals surface area contributed by atoms with Crippen LogP contribution in [0.3, 0.4) is 0 Å². The topological polar surface area (TPSA) is 39.2 Å². The van der Waals surface area contributed by atoms with Crippen LogP contribution in [0, 0.1) is 12.8 Å². The Labute approximate surface area is 96.8 Å². The van der Waals surface area contributed by atoms with Gasteiger partial charge in [0.2, 0.25) is 0 Å². The summed E-state index contributed by atoms with van der Waals surface area (Å²) in [6.45, 7) is 8.39. The number of carbonyl (C=O) groups excluding carboxylic acids is 1. The number of pyridine rings is 1. The highest BCUT2D eigenvalue weighted by molar-refractivity contribution is 5.90. The summed E-state index contributed by atoms with van der Waals surface area (Å²) in [6.07, 6.45) is 2.49. The molecule has 88 valence electrons. The molecule has 3 heteroatoms. The number of ether oxygens (including phenoxy) is 1. The summed E-state index contributed by atoms with van der Waals surface area (Å²) >= 11 is 0. The van der Waals surface area contributed by atoms with Gasteiger partial charge in [0.05, 0.1) is 12.2 Å². The first-order valence-corrected chi connectivity index (χ1v) is 5.67. The quantitative estimate of drug-likeness (QED) is 0.734. The van der Waals surface area contributed by atoms with Crippen LogP contribution in [0.25, 0.3) is 0 Å². The second-order valence-electron chi connectivity index (χ2n) is 4.30. The Bertz CT molecular complexity index is 372. The monoisotopic (exact) mass is 221 g/mol. The largest absolute Gasteiger partial charge is 0.462 e. The molecule has 0 bridgehead atoms. The second-order valence-corrected chi connectivity index (χ2v) is 4.30. The van der Waals surface area contributed by atoms with Crippen molar-refractivity contribution < 1.29 is 9.53 Å². The summed E-state index contributed by atoms with van der Waals surface area (Å²) in [5.74, 6) is 0.237. The molecule has 0 saturated heterocycles. The number of carbonyl (C=O) groups is 1. The summed E-state index contributed by atoms with van der Waals surface area (Å²) in [5.41, 5.74) is 2.56. The van der Waals surface area contributed by atoms with Gasteiger partial charge in [-0.05, 0) is 37.8 Å². The fourth-order valence-electron chi connectivity index (χ4n) is 1.62. The Hall–Kier alpha value is -1.38. The molecule has 0 amide bonds. The van der Waals surface area contributed by atoms with E-state index in [1.165, 1.54) is 0 Å². The van der Waals surface area contributed by atoms with Gasteiger partial charge in [0.1, 0.15) is 0 Å². The lowest BCUT2D eigenvalue weighted by molar-refractivity contribution is 0.0524. The van der Waals surface area contributed by atoms with Crippen LogP contribution in [0.4, 0.5) is 0 Å². The van der Waals surface area contributed by atoms with Gasteiger partial charge in [-0.1, -0.05) is 13.8 Å². The molecule has 0 aromatic carbocycles. The number of aromatic nitrogens is 1. The van der Waals surface area contributed by atoms with Gasteiger partial charge in [-0.25, -0.2) is 4.79 Å². The molecule has 1 rings (SSSR count). The average Bonchev–Trinajstić information content (AvgIpc) is 2.16. The summed E-state index contributed by atoms with van der Waals surface area (Å²) in [6, 6.07) is 1.96. The van der Waals surface area contributed by atoms with E-state index in [9.17, 15) is 4.79 Å². The van der Waals surface area contributed by atoms with Gasteiger partial charge in [0.25, 0.3) is 0 Å². The van der Waals surface area contributed by atoms with Gasteiger partial charge in [0.15, 0.2) is 0 Å². The van der Waals surface area contributed by atoms with Crippen molar-refractivity contribution in [3.63, 3.8) is 0 Å². The van der Waals surface area contributed by atoms with E-state index in [-0.39, 0.29) is 5.97 Å². The summed E-state index contributed by atoms with van der Waals surface area (Å²) in [5, 5.41) is 0. The van der Waals surface area contributed by atoms with E-state index in [1.54, 1.807) is 6.20 Å². The first-order valence-electron chi connectivity index (χ1n) is 5.67. The van der Waals surface area contributed by atoms with Crippen molar-refractivity contribution in [2.45, 2.75) is 34.1 Å². The molecule has 0 atom stereocenters. The van der Waals surface area contributed by atoms with E-state index in [2.05, 4.69) is 18.8 Å². The maximum Gasteiger partial charge on any atom is 0.339 e. The molecule has 0 aliphatic carbocycles. The Morgan fingerprint density at radius 1 is 1.50 bits per heavy atom. The lowest BCUT2D eigenvalue weighted by Gasteiger charge is -2.11. The Balaban J connectivity index is 3.02. The summed E-state index contributed by atoms with van der Waals surface area (Å²) < 4.78 is 5.01. The molecular formula is C13H19NO2. The predicted octanol–water partition coefficient (Wildman–Crippen LogP) is 2.77. The molecule has 0 radical (unpaired) electrons. The van der Waals surface area contributed by atoms with Crippen LogP contribution in [0.15, 0.2) is 12.3 Å². The molecule has 0 saturated carbocycles. The Morgan fingerprint density at radius 2 is 2.19 bits per heavy atom. The first kappa shape index (κ1) is 12.7. The molecule has 0 fully saturated rings. The van der Waals surface area contributed by atoms with E-state index in [0.717, 1.165) is 17.7 Å². The maximum atomic E-state index is 11.7. The normalized spacial score (nSPS) is 10.6. The minimum atomic E-state index is -0.273. The zero-order valence-corrected chi connectivity index (χ0v) is 10.4. The summed E-state index contributed by atoms with van der Waals surface area (Å²) in [4.78, 5) is 15.8. The molecule has 0 aliphatic rings. The third-order valence-electron chi connectivity index (χ3n) is 2.25. The van der Waals surface area contributed by atoms with Gasteiger partial charge < -0.3 is 4.74 Å². The van der Waals surface area contributed by atoms with Crippen molar-refractivity contribution in [1.29, 1.82) is 0 Å². The number of nitrogens with zero attached hydrogens (tertiary/aromatic N) is 1. The number of aryl methyl sites for hydroxylation is 1. The molecule has 16 heavy (non-hydrogen) atoms. The highest BCUT2D eigenvalue weighted by Gasteiger charge is 2.14. The lowest BCUT2D eigenvalue weighted by Crippen LogP contribution is -2.10. The lowest BCUT2D eigenvalue weighted by atomic mass is 9.99. The predicted molar refractivity (Wildman–Crippen MR) is 63.5 cm³/mol. The standard InChI is InChI=1S/C13H19NO2/c1-5-16-13(15)12-8-14-10(4)7-11(12)6-9(2)3/h7-9H,5-6H2,1-4H3. The molecule has 0 unspecified atom stereocenters.